The van der Waals surface area contributed by atoms with E-state index in [9.17, 15) is 4.39 Å². The van der Waals surface area contributed by atoms with Gasteiger partial charge in [-0.3, -0.25) is 0 Å². The Labute approximate surface area is 76.8 Å². The predicted molar refractivity (Wildman–Crippen MR) is 48.3 cm³/mol. The zero-order valence-corrected chi connectivity index (χ0v) is 7.33. The standard InChI is InChI=1S/C10H10FNO/c1-12-10(7-11)8-3-5-9(13-2)6-4-8/h3-6,10H,7H2,2H3. The van der Waals surface area contributed by atoms with Gasteiger partial charge in [-0.1, -0.05) is 0 Å². The number of halogens is 1. The summed E-state index contributed by atoms with van der Waals surface area (Å²) in [6.45, 7) is 6.11. The Hall–Kier alpha value is -1.56. The number of hydrogen-bond donors (Lipinski definition) is 0. The van der Waals surface area contributed by atoms with Crippen molar-refractivity contribution in [3.05, 3.63) is 41.2 Å². The lowest BCUT2D eigenvalue weighted by atomic mass is 10.1. The molecule has 0 aliphatic heterocycles. The second-order valence-electron chi connectivity index (χ2n) is 2.57. The van der Waals surface area contributed by atoms with Crippen LogP contribution in [0.2, 0.25) is 0 Å². The van der Waals surface area contributed by atoms with Crippen molar-refractivity contribution in [1.82, 2.24) is 0 Å². The summed E-state index contributed by atoms with van der Waals surface area (Å²) in [5.74, 6) is 0.714. The first-order valence-corrected chi connectivity index (χ1v) is 3.88. The molecule has 0 spiro atoms. The molecule has 0 radical (unpaired) electrons. The lowest BCUT2D eigenvalue weighted by Gasteiger charge is -2.02. The molecule has 0 saturated heterocycles. The molecule has 2 nitrogen and oxygen atoms in total. The van der Waals surface area contributed by atoms with Crippen LogP contribution in [0.5, 0.6) is 5.75 Å². The Kier molecular flexibility index (Phi) is 3.27. The van der Waals surface area contributed by atoms with Crippen LogP contribution in [0.4, 0.5) is 4.39 Å². The van der Waals surface area contributed by atoms with E-state index < -0.39 is 12.7 Å². The molecule has 0 heterocycles. The van der Waals surface area contributed by atoms with Gasteiger partial charge in [0.1, 0.15) is 5.75 Å². The summed E-state index contributed by atoms with van der Waals surface area (Å²) in [4.78, 5) is 3.17. The maximum Gasteiger partial charge on any atom is 0.276 e. The topological polar surface area (TPSA) is 13.6 Å². The van der Waals surface area contributed by atoms with Crippen LogP contribution in [-0.2, 0) is 0 Å². The van der Waals surface area contributed by atoms with Crippen LogP contribution in [0.15, 0.2) is 24.3 Å². The van der Waals surface area contributed by atoms with Crippen molar-refractivity contribution in [3.8, 4) is 5.75 Å². The number of nitrogens with zero attached hydrogens (tertiary/aromatic N) is 1. The monoisotopic (exact) mass is 179 g/mol. The van der Waals surface area contributed by atoms with Crippen LogP contribution >= 0.6 is 0 Å². The number of benzene rings is 1. The lowest BCUT2D eigenvalue weighted by molar-refractivity contribution is 0.414. The molecule has 68 valence electrons. The quantitative estimate of drug-likeness (QED) is 0.650. The second kappa shape index (κ2) is 4.46. The van der Waals surface area contributed by atoms with Crippen LogP contribution in [0.3, 0.4) is 0 Å². The Morgan fingerprint density at radius 1 is 1.46 bits per heavy atom. The molecule has 1 atom stereocenters. The third kappa shape index (κ3) is 2.19. The van der Waals surface area contributed by atoms with Crippen LogP contribution < -0.4 is 4.74 Å². The minimum absolute atomic E-state index is 0.643. The van der Waals surface area contributed by atoms with E-state index in [1.807, 2.05) is 0 Å². The van der Waals surface area contributed by atoms with Crippen molar-refractivity contribution < 1.29 is 9.13 Å². The molecule has 0 fully saturated rings. The fourth-order valence-corrected chi connectivity index (χ4v) is 1.02. The molecule has 0 aliphatic carbocycles. The van der Waals surface area contributed by atoms with E-state index in [0.717, 1.165) is 0 Å². The van der Waals surface area contributed by atoms with Gasteiger partial charge in [0.25, 0.3) is 6.04 Å². The SMILES string of the molecule is [C-]#[N+]C(CF)c1ccc(OC)cc1. The van der Waals surface area contributed by atoms with Gasteiger partial charge < -0.3 is 9.58 Å². The molecule has 0 aromatic heterocycles. The van der Waals surface area contributed by atoms with Crippen LogP contribution in [-0.4, -0.2) is 13.8 Å². The number of hydrogen-bond acceptors (Lipinski definition) is 1. The fraction of sp³-hybridized carbons (Fsp3) is 0.300. The minimum atomic E-state index is -0.675. The van der Waals surface area contributed by atoms with Crippen molar-refractivity contribution in [2.75, 3.05) is 13.8 Å². The fourth-order valence-electron chi connectivity index (χ4n) is 1.02. The highest BCUT2D eigenvalue weighted by Crippen LogP contribution is 2.20. The first-order chi connectivity index (χ1) is 6.31. The Balaban J connectivity index is 2.86. The lowest BCUT2D eigenvalue weighted by Crippen LogP contribution is -1.94. The first-order valence-electron chi connectivity index (χ1n) is 3.88. The van der Waals surface area contributed by atoms with Gasteiger partial charge in [0.15, 0.2) is 6.67 Å². The third-order valence-corrected chi connectivity index (χ3v) is 1.80. The van der Waals surface area contributed by atoms with Crippen LogP contribution in [0.25, 0.3) is 4.85 Å². The molecule has 0 aliphatic rings. The second-order valence-corrected chi connectivity index (χ2v) is 2.57. The number of methoxy groups -OCH3 is 1. The maximum atomic E-state index is 12.3. The molecule has 13 heavy (non-hydrogen) atoms. The molecule has 0 N–H and O–H groups in total. The largest absolute Gasteiger partial charge is 0.497 e. The van der Waals surface area contributed by atoms with Crippen molar-refractivity contribution in [3.63, 3.8) is 0 Å². The molecule has 1 aromatic carbocycles. The summed E-state index contributed by atoms with van der Waals surface area (Å²) in [6, 6.07) is 6.19. The number of alkyl halides is 1. The summed E-state index contributed by atoms with van der Waals surface area (Å²) >= 11 is 0. The Morgan fingerprint density at radius 3 is 2.46 bits per heavy atom. The predicted octanol–water partition coefficient (Wildman–Crippen LogP) is 2.63. The van der Waals surface area contributed by atoms with E-state index in [-0.39, 0.29) is 0 Å². The van der Waals surface area contributed by atoms with Crippen molar-refractivity contribution in [2.24, 2.45) is 0 Å². The molecule has 1 rings (SSSR count). The average Bonchev–Trinajstić information content (AvgIpc) is 2.21. The highest BCUT2D eigenvalue weighted by molar-refractivity contribution is 5.30. The van der Waals surface area contributed by atoms with Crippen LogP contribution in [0, 0.1) is 6.57 Å². The molecule has 0 saturated carbocycles. The highest BCUT2D eigenvalue weighted by atomic mass is 19.1. The highest BCUT2D eigenvalue weighted by Gasteiger charge is 2.14. The van der Waals surface area contributed by atoms with E-state index in [4.69, 9.17) is 11.3 Å². The number of rotatable bonds is 3. The van der Waals surface area contributed by atoms with Gasteiger partial charge in [0.2, 0.25) is 0 Å². The van der Waals surface area contributed by atoms with Gasteiger partial charge in [-0.25, -0.2) is 11.0 Å². The molecular weight excluding hydrogens is 169 g/mol. The zero-order valence-electron chi connectivity index (χ0n) is 7.33. The Bertz CT molecular complexity index is 302. The van der Waals surface area contributed by atoms with Crippen LogP contribution in [0.1, 0.15) is 11.6 Å². The average molecular weight is 179 g/mol. The Morgan fingerprint density at radius 2 is 2.08 bits per heavy atom. The summed E-state index contributed by atoms with van der Waals surface area (Å²) in [5, 5.41) is 0. The number of ether oxygens (including phenoxy) is 1. The molecule has 0 amide bonds. The molecule has 1 unspecified atom stereocenters. The van der Waals surface area contributed by atoms with E-state index in [1.165, 1.54) is 0 Å². The first kappa shape index (κ1) is 9.53. The molecular formula is C10H10FNO. The van der Waals surface area contributed by atoms with Crippen molar-refractivity contribution in [2.45, 2.75) is 6.04 Å². The zero-order chi connectivity index (χ0) is 9.68. The minimum Gasteiger partial charge on any atom is -0.497 e. The van der Waals surface area contributed by atoms with Gasteiger partial charge in [-0.2, -0.15) is 0 Å². The van der Waals surface area contributed by atoms with Gasteiger partial charge >= 0.3 is 0 Å². The van der Waals surface area contributed by atoms with E-state index in [0.29, 0.717) is 11.3 Å². The molecule has 0 bridgehead atoms. The summed E-state index contributed by atoms with van der Waals surface area (Å²) < 4.78 is 17.2. The smallest absolute Gasteiger partial charge is 0.276 e. The normalized spacial score (nSPS) is 11.8. The van der Waals surface area contributed by atoms with Crippen molar-refractivity contribution in [1.29, 1.82) is 0 Å². The summed E-state index contributed by atoms with van der Waals surface area (Å²) in [7, 11) is 1.57. The van der Waals surface area contributed by atoms with E-state index >= 15 is 0 Å². The van der Waals surface area contributed by atoms with E-state index in [1.54, 1.807) is 31.4 Å². The van der Waals surface area contributed by atoms with E-state index in [2.05, 4.69) is 4.85 Å². The third-order valence-electron chi connectivity index (χ3n) is 1.80. The van der Waals surface area contributed by atoms with Crippen molar-refractivity contribution >= 4 is 0 Å². The molecule has 3 heteroatoms. The van der Waals surface area contributed by atoms with Gasteiger partial charge in [0.05, 0.1) is 7.11 Å². The van der Waals surface area contributed by atoms with Gasteiger partial charge in [-0.15, -0.1) is 0 Å². The maximum absolute atomic E-state index is 12.3. The van der Waals surface area contributed by atoms with Gasteiger partial charge in [-0.05, 0) is 24.3 Å². The summed E-state index contributed by atoms with van der Waals surface area (Å²) in [6.07, 6.45) is 0. The molecule has 1 aromatic rings. The van der Waals surface area contributed by atoms with Gasteiger partial charge in [0, 0.05) is 5.56 Å². The summed E-state index contributed by atoms with van der Waals surface area (Å²) in [5.41, 5.74) is 0.693.